The molecule has 0 saturated heterocycles. The number of carbonyl (C=O) groups is 2. The van der Waals surface area contributed by atoms with E-state index in [9.17, 15) is 14.8 Å². The third-order valence-electron chi connectivity index (χ3n) is 2.88. The molecule has 0 atom stereocenters. The summed E-state index contributed by atoms with van der Waals surface area (Å²) in [5, 5.41) is 12.4. The number of aromatic nitrogens is 2. The molecule has 21 heavy (non-hydrogen) atoms. The van der Waals surface area contributed by atoms with Gasteiger partial charge in [-0.15, -0.1) is 0 Å². The van der Waals surface area contributed by atoms with E-state index in [-0.39, 0.29) is 23.5 Å². The molecule has 0 unspecified atom stereocenters. The zero-order valence-corrected chi connectivity index (χ0v) is 11.9. The van der Waals surface area contributed by atoms with Crippen LogP contribution in [0.15, 0.2) is 18.2 Å². The average molecular weight is 290 g/mol. The van der Waals surface area contributed by atoms with Gasteiger partial charge in [0, 0.05) is 13.8 Å². The summed E-state index contributed by atoms with van der Waals surface area (Å²) >= 11 is 0. The predicted octanol–water partition coefficient (Wildman–Crippen LogP) is 1.14. The zero-order valence-electron chi connectivity index (χ0n) is 11.9. The first-order chi connectivity index (χ1) is 9.93. The van der Waals surface area contributed by atoms with Crippen molar-refractivity contribution in [3.8, 4) is 5.75 Å². The number of ether oxygens (including phenoxy) is 2. The average Bonchev–Trinajstić information content (AvgIpc) is 2.44. The van der Waals surface area contributed by atoms with Crippen LogP contribution in [0.2, 0.25) is 0 Å². The highest BCUT2D eigenvalue weighted by Crippen LogP contribution is 2.18. The standard InChI is InChI=1S/C14H14N2O5/c1-8(17)14-12(7-21-9(2)18)15-11-5-4-10(20-3)6-13(11)16(14)19/h4-6H,7H2,1-3H3. The number of hydrogen-bond donors (Lipinski definition) is 0. The van der Waals surface area contributed by atoms with Crippen LogP contribution in [-0.4, -0.2) is 23.8 Å². The van der Waals surface area contributed by atoms with Gasteiger partial charge >= 0.3 is 5.97 Å². The van der Waals surface area contributed by atoms with E-state index in [2.05, 4.69) is 4.98 Å². The zero-order chi connectivity index (χ0) is 15.6. The summed E-state index contributed by atoms with van der Waals surface area (Å²) in [6, 6.07) is 4.75. The summed E-state index contributed by atoms with van der Waals surface area (Å²) in [7, 11) is 1.48. The molecule has 0 aliphatic rings. The molecule has 7 nitrogen and oxygen atoms in total. The molecule has 0 spiro atoms. The van der Waals surface area contributed by atoms with E-state index in [0.717, 1.165) is 0 Å². The molecule has 1 aromatic heterocycles. The van der Waals surface area contributed by atoms with Gasteiger partial charge in [-0.2, -0.15) is 4.73 Å². The number of methoxy groups -OCH3 is 1. The summed E-state index contributed by atoms with van der Waals surface area (Å²) in [5.41, 5.74) is 0.589. The Kier molecular flexibility index (Phi) is 4.02. The van der Waals surface area contributed by atoms with Gasteiger partial charge in [-0.25, -0.2) is 4.98 Å². The van der Waals surface area contributed by atoms with Crippen molar-refractivity contribution in [1.29, 1.82) is 0 Å². The van der Waals surface area contributed by atoms with Crippen molar-refractivity contribution in [2.75, 3.05) is 7.11 Å². The molecule has 0 amide bonds. The highest BCUT2D eigenvalue weighted by molar-refractivity contribution is 5.93. The minimum atomic E-state index is -0.515. The van der Waals surface area contributed by atoms with E-state index < -0.39 is 11.8 Å². The first kappa shape index (κ1) is 14.7. The van der Waals surface area contributed by atoms with E-state index in [1.807, 2.05) is 0 Å². The SMILES string of the molecule is COc1ccc2nc(COC(C)=O)c(C(C)=O)[n+]([O-])c2c1. The number of hydrogen-bond acceptors (Lipinski definition) is 6. The summed E-state index contributed by atoms with van der Waals surface area (Å²) < 4.78 is 10.4. The molecule has 2 rings (SSSR count). The lowest BCUT2D eigenvalue weighted by Gasteiger charge is -2.10. The molecule has 0 bridgehead atoms. The van der Waals surface area contributed by atoms with Crippen molar-refractivity contribution < 1.29 is 23.8 Å². The van der Waals surface area contributed by atoms with Crippen molar-refractivity contribution in [1.82, 2.24) is 4.98 Å². The molecule has 0 radical (unpaired) electrons. The highest BCUT2D eigenvalue weighted by Gasteiger charge is 2.24. The summed E-state index contributed by atoms with van der Waals surface area (Å²) in [6.45, 7) is 2.27. The number of ketones is 1. The number of esters is 1. The minimum absolute atomic E-state index is 0.130. The van der Waals surface area contributed by atoms with E-state index in [1.165, 1.54) is 27.0 Å². The Balaban J connectivity index is 2.65. The molecule has 0 aliphatic heterocycles. The Labute approximate surface area is 120 Å². The fraction of sp³-hybridized carbons (Fsp3) is 0.286. The minimum Gasteiger partial charge on any atom is -0.618 e. The van der Waals surface area contributed by atoms with Crippen molar-refractivity contribution in [3.63, 3.8) is 0 Å². The van der Waals surface area contributed by atoms with Gasteiger partial charge in [0.1, 0.15) is 17.9 Å². The molecule has 0 saturated carbocycles. The molecule has 110 valence electrons. The predicted molar refractivity (Wildman–Crippen MR) is 72.7 cm³/mol. The maximum atomic E-state index is 12.4. The van der Waals surface area contributed by atoms with Crippen LogP contribution in [0.5, 0.6) is 5.75 Å². The Hall–Kier alpha value is -2.70. The highest BCUT2D eigenvalue weighted by atomic mass is 16.5. The molecule has 1 aromatic carbocycles. The van der Waals surface area contributed by atoms with Crippen molar-refractivity contribution in [3.05, 3.63) is 34.8 Å². The second-order valence-electron chi connectivity index (χ2n) is 4.39. The van der Waals surface area contributed by atoms with Crippen molar-refractivity contribution in [2.45, 2.75) is 20.5 Å². The van der Waals surface area contributed by atoms with Gasteiger partial charge in [0.2, 0.25) is 11.3 Å². The molecule has 0 N–H and O–H groups in total. The quantitative estimate of drug-likeness (QED) is 0.363. The van der Waals surface area contributed by atoms with E-state index in [0.29, 0.717) is 16.0 Å². The number of Topliss-reactive ketones (excluding diaryl/α,β-unsaturated/α-hetero) is 1. The first-order valence-electron chi connectivity index (χ1n) is 6.18. The molecular formula is C14H14N2O5. The van der Waals surface area contributed by atoms with E-state index >= 15 is 0 Å². The van der Waals surface area contributed by atoms with Crippen LogP contribution < -0.4 is 9.47 Å². The lowest BCUT2D eigenvalue weighted by atomic mass is 10.2. The normalized spacial score (nSPS) is 10.4. The maximum absolute atomic E-state index is 12.4. The number of rotatable bonds is 4. The molecule has 7 heteroatoms. The van der Waals surface area contributed by atoms with Crippen LogP contribution in [0.3, 0.4) is 0 Å². The van der Waals surface area contributed by atoms with Gasteiger partial charge < -0.3 is 14.7 Å². The summed E-state index contributed by atoms with van der Waals surface area (Å²) in [6.07, 6.45) is 0. The lowest BCUT2D eigenvalue weighted by Crippen LogP contribution is -2.37. The third-order valence-corrected chi connectivity index (χ3v) is 2.88. The monoisotopic (exact) mass is 290 g/mol. The largest absolute Gasteiger partial charge is 0.618 e. The van der Waals surface area contributed by atoms with Crippen molar-refractivity contribution in [2.24, 2.45) is 0 Å². The van der Waals surface area contributed by atoms with Gasteiger partial charge in [-0.3, -0.25) is 9.59 Å². The smallest absolute Gasteiger partial charge is 0.303 e. The number of carbonyl (C=O) groups excluding carboxylic acids is 2. The van der Waals surface area contributed by atoms with Crippen molar-refractivity contribution >= 4 is 22.8 Å². The Morgan fingerprint density at radius 2 is 2.05 bits per heavy atom. The van der Waals surface area contributed by atoms with Gasteiger partial charge in [0.25, 0.3) is 5.69 Å². The van der Waals surface area contributed by atoms with Crippen LogP contribution in [0, 0.1) is 5.21 Å². The Morgan fingerprint density at radius 1 is 1.33 bits per heavy atom. The number of benzene rings is 1. The van der Waals surface area contributed by atoms with Crippen LogP contribution in [0.1, 0.15) is 30.0 Å². The van der Waals surface area contributed by atoms with Gasteiger partial charge in [0.15, 0.2) is 5.69 Å². The van der Waals surface area contributed by atoms with Crippen LogP contribution in [0.4, 0.5) is 0 Å². The molecule has 1 heterocycles. The second-order valence-corrected chi connectivity index (χ2v) is 4.39. The first-order valence-corrected chi connectivity index (χ1v) is 6.18. The van der Waals surface area contributed by atoms with E-state index in [4.69, 9.17) is 9.47 Å². The third kappa shape index (κ3) is 2.91. The second kappa shape index (κ2) is 5.74. The van der Waals surface area contributed by atoms with Gasteiger partial charge in [-0.05, 0) is 12.1 Å². The maximum Gasteiger partial charge on any atom is 0.303 e. The van der Waals surface area contributed by atoms with E-state index in [1.54, 1.807) is 12.1 Å². The summed E-state index contributed by atoms with van der Waals surface area (Å²) in [4.78, 5) is 26.8. The Bertz CT molecular complexity index is 727. The topological polar surface area (TPSA) is 92.4 Å². The van der Waals surface area contributed by atoms with Crippen LogP contribution in [0.25, 0.3) is 11.0 Å². The molecule has 0 aliphatic carbocycles. The Morgan fingerprint density at radius 3 is 2.62 bits per heavy atom. The fourth-order valence-corrected chi connectivity index (χ4v) is 1.94. The van der Waals surface area contributed by atoms with Gasteiger partial charge in [0.05, 0.1) is 13.2 Å². The van der Waals surface area contributed by atoms with Crippen LogP contribution in [-0.2, 0) is 16.1 Å². The number of fused-ring (bicyclic) bond motifs is 1. The summed E-state index contributed by atoms with van der Waals surface area (Å²) in [5.74, 6) is -0.487. The molecule has 0 fully saturated rings. The fourth-order valence-electron chi connectivity index (χ4n) is 1.94. The molecule has 2 aromatic rings. The lowest BCUT2D eigenvalue weighted by molar-refractivity contribution is -0.580. The number of nitrogens with zero attached hydrogens (tertiary/aromatic N) is 2. The van der Waals surface area contributed by atoms with Crippen LogP contribution >= 0.6 is 0 Å². The molecular weight excluding hydrogens is 276 g/mol. The van der Waals surface area contributed by atoms with Gasteiger partial charge in [-0.1, -0.05) is 0 Å².